The lowest BCUT2D eigenvalue weighted by atomic mass is 10.2. The molecule has 0 fully saturated rings. The molecule has 1 amide bonds. The van der Waals surface area contributed by atoms with Gasteiger partial charge in [-0.2, -0.15) is 0 Å². The van der Waals surface area contributed by atoms with E-state index in [4.69, 9.17) is 11.5 Å². The number of carbonyl (C=O) groups is 1. The minimum atomic E-state index is -0.734. The van der Waals surface area contributed by atoms with Crippen molar-refractivity contribution in [3.63, 3.8) is 0 Å². The third-order valence-corrected chi connectivity index (χ3v) is 1.13. The monoisotopic (exact) mass is 141 g/mol. The molecule has 56 valence electrons. The molecule has 0 rings (SSSR count). The highest BCUT2D eigenvalue weighted by Crippen LogP contribution is 1.89. The molecule has 0 unspecified atom stereocenters. The normalized spacial score (nSPS) is 11.7. The van der Waals surface area contributed by atoms with E-state index in [-0.39, 0.29) is 0 Å². The van der Waals surface area contributed by atoms with E-state index in [1.54, 1.807) is 7.05 Å². The highest BCUT2D eigenvalue weighted by atomic mass is 16.3. The van der Waals surface area contributed by atoms with Crippen LogP contribution >= 0.6 is 0 Å². The van der Waals surface area contributed by atoms with Crippen molar-refractivity contribution in [2.75, 3.05) is 13.6 Å². The fraction of sp³-hybridized carbons (Fsp3) is 0.571. The second-order valence-corrected chi connectivity index (χ2v) is 2.06. The molecule has 0 aromatic rings. The molecular formula is C7H11NO2. The van der Waals surface area contributed by atoms with Crippen LogP contribution in [0.25, 0.3) is 0 Å². The molecule has 1 atom stereocenters. The van der Waals surface area contributed by atoms with Crippen molar-refractivity contribution in [3.05, 3.63) is 0 Å². The van der Waals surface area contributed by atoms with Crippen LogP contribution < -0.4 is 0 Å². The Bertz CT molecular complexity index is 139. The number of aliphatic hydroxyl groups is 1. The van der Waals surface area contributed by atoms with Gasteiger partial charge in [-0.05, 0) is 0 Å². The molecule has 3 nitrogen and oxygen atoms in total. The molecule has 0 saturated carbocycles. The minimum Gasteiger partial charge on any atom is -0.380 e. The van der Waals surface area contributed by atoms with Crippen molar-refractivity contribution in [3.8, 4) is 12.3 Å². The number of hydrogen-bond acceptors (Lipinski definition) is 2. The van der Waals surface area contributed by atoms with Crippen LogP contribution in [-0.4, -0.2) is 36.1 Å². The fourth-order valence-corrected chi connectivity index (χ4v) is 0.462. The molecule has 0 heterocycles. The number of aliphatic hydroxyl groups excluding tert-OH is 1. The number of hydrogen-bond donors (Lipinski definition) is 1. The van der Waals surface area contributed by atoms with E-state index in [9.17, 15) is 4.79 Å². The number of rotatable bonds is 4. The molecule has 1 N–H and O–H groups in total. The van der Waals surface area contributed by atoms with E-state index < -0.39 is 6.10 Å². The number of terminal acetylenes is 1. The van der Waals surface area contributed by atoms with E-state index in [1.807, 2.05) is 0 Å². The van der Waals surface area contributed by atoms with Gasteiger partial charge in [0.05, 0.1) is 0 Å². The van der Waals surface area contributed by atoms with Gasteiger partial charge in [-0.1, -0.05) is 5.92 Å². The van der Waals surface area contributed by atoms with Gasteiger partial charge < -0.3 is 10.0 Å². The summed E-state index contributed by atoms with van der Waals surface area (Å²) in [5.74, 6) is 2.16. The van der Waals surface area contributed by atoms with Gasteiger partial charge in [-0.25, -0.2) is 0 Å². The van der Waals surface area contributed by atoms with Crippen LogP contribution in [-0.2, 0) is 4.79 Å². The number of nitrogens with zero attached hydrogens (tertiary/aromatic N) is 1. The van der Waals surface area contributed by atoms with Crippen molar-refractivity contribution in [1.29, 1.82) is 0 Å². The Kier molecular flexibility index (Phi) is 4.34. The minimum absolute atomic E-state index is 0.436. The van der Waals surface area contributed by atoms with Gasteiger partial charge in [0.1, 0.15) is 6.10 Å². The van der Waals surface area contributed by atoms with E-state index >= 15 is 0 Å². The zero-order valence-corrected chi connectivity index (χ0v) is 5.95. The van der Waals surface area contributed by atoms with Crippen LogP contribution in [0.15, 0.2) is 0 Å². The van der Waals surface area contributed by atoms with Crippen molar-refractivity contribution in [2.45, 2.75) is 12.5 Å². The predicted octanol–water partition coefficient (Wildman–Crippen LogP) is -0.541. The second kappa shape index (κ2) is 4.83. The van der Waals surface area contributed by atoms with Crippen LogP contribution in [0.4, 0.5) is 0 Å². The van der Waals surface area contributed by atoms with Crippen molar-refractivity contribution in [2.24, 2.45) is 0 Å². The molecule has 3 heteroatoms. The first kappa shape index (κ1) is 8.99. The first-order valence-electron chi connectivity index (χ1n) is 3.00. The maximum Gasteiger partial charge on any atom is 0.209 e. The molecule has 0 aliphatic heterocycles. The van der Waals surface area contributed by atoms with Gasteiger partial charge in [0.2, 0.25) is 6.41 Å². The summed E-state index contributed by atoms with van der Waals surface area (Å²) in [6.07, 6.45) is 5.29. The average molecular weight is 141 g/mol. The first-order chi connectivity index (χ1) is 4.70. The zero-order chi connectivity index (χ0) is 7.98. The van der Waals surface area contributed by atoms with Crippen molar-refractivity contribution < 1.29 is 9.90 Å². The molecule has 0 spiro atoms. The molecule has 0 saturated heterocycles. The number of carbonyl (C=O) groups excluding carboxylic acids is 1. The Morgan fingerprint density at radius 2 is 2.50 bits per heavy atom. The van der Waals surface area contributed by atoms with Crippen LogP contribution in [0.5, 0.6) is 0 Å². The molecule has 0 aromatic heterocycles. The van der Waals surface area contributed by atoms with Crippen LogP contribution in [0.2, 0.25) is 0 Å². The smallest absolute Gasteiger partial charge is 0.209 e. The second-order valence-electron chi connectivity index (χ2n) is 2.06. The van der Waals surface area contributed by atoms with E-state index in [2.05, 4.69) is 5.92 Å². The van der Waals surface area contributed by atoms with Gasteiger partial charge in [0, 0.05) is 20.0 Å². The predicted molar refractivity (Wildman–Crippen MR) is 38.2 cm³/mol. The molecular weight excluding hydrogens is 130 g/mol. The molecule has 0 aromatic carbocycles. The van der Waals surface area contributed by atoms with Gasteiger partial charge in [-0.15, -0.1) is 6.42 Å². The SMILES string of the molecule is C#C[C@H](O)CCN(C)C=O. The summed E-state index contributed by atoms with van der Waals surface area (Å²) >= 11 is 0. The van der Waals surface area contributed by atoms with Crippen LogP contribution in [0, 0.1) is 12.3 Å². The summed E-state index contributed by atoms with van der Waals surface area (Å²) < 4.78 is 0. The van der Waals surface area contributed by atoms with Gasteiger partial charge in [0.25, 0.3) is 0 Å². The third kappa shape index (κ3) is 3.93. The van der Waals surface area contributed by atoms with Crippen molar-refractivity contribution in [1.82, 2.24) is 4.90 Å². The molecule has 0 radical (unpaired) electrons. The van der Waals surface area contributed by atoms with Gasteiger partial charge >= 0.3 is 0 Å². The summed E-state index contributed by atoms with van der Waals surface area (Å²) in [7, 11) is 1.64. The Morgan fingerprint density at radius 1 is 1.90 bits per heavy atom. The Balaban J connectivity index is 3.37. The van der Waals surface area contributed by atoms with E-state index in [0.29, 0.717) is 19.4 Å². The Labute approximate surface area is 60.6 Å². The molecule has 0 bridgehead atoms. The maximum absolute atomic E-state index is 10.00. The summed E-state index contributed by atoms with van der Waals surface area (Å²) in [5.41, 5.74) is 0. The average Bonchev–Trinajstić information content (AvgIpc) is 1.99. The van der Waals surface area contributed by atoms with Crippen LogP contribution in [0.1, 0.15) is 6.42 Å². The van der Waals surface area contributed by atoms with E-state index in [1.165, 1.54) is 4.90 Å². The number of amides is 1. The Morgan fingerprint density at radius 3 is 2.90 bits per heavy atom. The zero-order valence-electron chi connectivity index (χ0n) is 5.95. The highest BCUT2D eigenvalue weighted by Gasteiger charge is 1.99. The van der Waals surface area contributed by atoms with Crippen LogP contribution in [0.3, 0.4) is 0 Å². The van der Waals surface area contributed by atoms with Crippen molar-refractivity contribution >= 4 is 6.41 Å². The summed E-state index contributed by atoms with van der Waals surface area (Å²) in [4.78, 5) is 11.4. The fourth-order valence-electron chi connectivity index (χ4n) is 0.462. The topological polar surface area (TPSA) is 40.5 Å². The lowest BCUT2D eigenvalue weighted by Crippen LogP contribution is -2.21. The molecule has 10 heavy (non-hydrogen) atoms. The molecule has 0 aliphatic rings. The largest absolute Gasteiger partial charge is 0.380 e. The highest BCUT2D eigenvalue weighted by molar-refractivity contribution is 5.46. The quantitative estimate of drug-likeness (QED) is 0.422. The lowest BCUT2D eigenvalue weighted by Gasteiger charge is -2.10. The standard InChI is InChI=1S/C7H11NO2/c1-3-7(10)4-5-8(2)6-9/h1,6-7,10H,4-5H2,2H3/t7-/m0/s1. The summed E-state index contributed by atoms with van der Waals surface area (Å²) in [6, 6.07) is 0. The summed E-state index contributed by atoms with van der Waals surface area (Å²) in [5, 5.41) is 8.82. The van der Waals surface area contributed by atoms with Gasteiger partial charge in [0.15, 0.2) is 0 Å². The lowest BCUT2D eigenvalue weighted by molar-refractivity contribution is -0.117. The first-order valence-corrected chi connectivity index (χ1v) is 3.00. The van der Waals surface area contributed by atoms with Gasteiger partial charge in [-0.3, -0.25) is 4.79 Å². The summed E-state index contributed by atoms with van der Waals surface area (Å²) in [6.45, 7) is 0.495. The van der Waals surface area contributed by atoms with E-state index in [0.717, 1.165) is 0 Å². The maximum atomic E-state index is 10.00. The molecule has 0 aliphatic carbocycles. The Hall–Kier alpha value is -1.01. The third-order valence-electron chi connectivity index (χ3n) is 1.13.